The molecule has 0 saturated carbocycles. The molecule has 5 heteroatoms. The SMILES string of the molecule is CC(=O)c1csc(CSc2ccccc2Br)n1. The molecular formula is C12H10BrNOS2. The Labute approximate surface area is 117 Å². The number of hydrogen-bond acceptors (Lipinski definition) is 4. The molecule has 0 aliphatic carbocycles. The zero-order valence-electron chi connectivity index (χ0n) is 9.14. The van der Waals surface area contributed by atoms with Crippen LogP contribution in [-0.2, 0) is 5.75 Å². The first-order valence-electron chi connectivity index (χ1n) is 4.99. The second-order valence-electron chi connectivity index (χ2n) is 3.40. The van der Waals surface area contributed by atoms with Gasteiger partial charge in [0.25, 0.3) is 0 Å². The molecule has 0 radical (unpaired) electrons. The summed E-state index contributed by atoms with van der Waals surface area (Å²) in [5.74, 6) is 0.819. The van der Waals surface area contributed by atoms with Gasteiger partial charge in [0.1, 0.15) is 10.7 Å². The Morgan fingerprint density at radius 2 is 2.24 bits per heavy atom. The molecule has 0 aliphatic rings. The molecule has 0 amide bonds. The molecule has 1 heterocycles. The molecule has 0 fully saturated rings. The largest absolute Gasteiger partial charge is 0.293 e. The molecule has 88 valence electrons. The third-order valence-electron chi connectivity index (χ3n) is 2.10. The van der Waals surface area contributed by atoms with Crippen molar-refractivity contribution in [2.24, 2.45) is 0 Å². The van der Waals surface area contributed by atoms with E-state index in [9.17, 15) is 4.79 Å². The highest BCUT2D eigenvalue weighted by molar-refractivity contribution is 9.10. The van der Waals surface area contributed by atoms with Gasteiger partial charge in [-0.25, -0.2) is 4.98 Å². The molecule has 0 aliphatic heterocycles. The van der Waals surface area contributed by atoms with E-state index in [1.54, 1.807) is 18.7 Å². The Hall–Kier alpha value is -0.650. The Bertz CT molecular complexity index is 539. The van der Waals surface area contributed by atoms with Crippen molar-refractivity contribution in [1.82, 2.24) is 4.98 Å². The predicted octanol–water partition coefficient (Wildman–Crippen LogP) is 4.40. The average molecular weight is 328 g/mol. The Kier molecular flexibility index (Phi) is 4.36. The van der Waals surface area contributed by atoms with Gasteiger partial charge in [-0.15, -0.1) is 23.1 Å². The third kappa shape index (κ3) is 3.40. The number of thiazole rings is 1. The van der Waals surface area contributed by atoms with E-state index in [1.165, 1.54) is 16.2 Å². The summed E-state index contributed by atoms with van der Waals surface area (Å²) in [6.07, 6.45) is 0. The summed E-state index contributed by atoms with van der Waals surface area (Å²) in [6.45, 7) is 1.54. The van der Waals surface area contributed by atoms with Gasteiger partial charge >= 0.3 is 0 Å². The Morgan fingerprint density at radius 1 is 1.47 bits per heavy atom. The van der Waals surface area contributed by atoms with Crippen molar-refractivity contribution in [3.8, 4) is 0 Å². The number of carbonyl (C=O) groups excluding carboxylic acids is 1. The van der Waals surface area contributed by atoms with Crippen LogP contribution in [0, 0.1) is 0 Å². The van der Waals surface area contributed by atoms with E-state index >= 15 is 0 Å². The van der Waals surface area contributed by atoms with E-state index in [0.717, 1.165) is 15.2 Å². The lowest BCUT2D eigenvalue weighted by Gasteiger charge is -2.01. The second-order valence-corrected chi connectivity index (χ2v) is 6.22. The fourth-order valence-electron chi connectivity index (χ4n) is 1.24. The lowest BCUT2D eigenvalue weighted by atomic mass is 10.4. The lowest BCUT2D eigenvalue weighted by molar-refractivity contribution is 0.101. The second kappa shape index (κ2) is 5.80. The van der Waals surface area contributed by atoms with Gasteiger partial charge in [0, 0.05) is 21.7 Å². The molecule has 0 unspecified atom stereocenters. The van der Waals surface area contributed by atoms with E-state index in [-0.39, 0.29) is 5.78 Å². The normalized spacial score (nSPS) is 10.5. The van der Waals surface area contributed by atoms with Gasteiger partial charge < -0.3 is 0 Å². The van der Waals surface area contributed by atoms with Gasteiger partial charge in [0.15, 0.2) is 5.78 Å². The molecule has 1 aromatic carbocycles. The molecule has 1 aromatic heterocycles. The van der Waals surface area contributed by atoms with E-state index in [0.29, 0.717) is 5.69 Å². The van der Waals surface area contributed by atoms with E-state index in [1.807, 2.05) is 23.6 Å². The lowest BCUT2D eigenvalue weighted by Crippen LogP contribution is -1.92. The van der Waals surface area contributed by atoms with Crippen LogP contribution in [0.15, 0.2) is 39.0 Å². The minimum atomic E-state index is 0.0263. The molecule has 0 atom stereocenters. The Balaban J connectivity index is 2.02. The maximum absolute atomic E-state index is 11.1. The highest BCUT2D eigenvalue weighted by Gasteiger charge is 2.07. The number of Topliss-reactive ketones (excluding diaryl/α,β-unsaturated/α-hetero) is 1. The van der Waals surface area contributed by atoms with Crippen LogP contribution in [0.1, 0.15) is 22.4 Å². The van der Waals surface area contributed by atoms with Crippen LogP contribution in [0.2, 0.25) is 0 Å². The molecule has 2 aromatic rings. The number of halogens is 1. The van der Waals surface area contributed by atoms with Crippen molar-refractivity contribution in [3.63, 3.8) is 0 Å². The van der Waals surface area contributed by atoms with Gasteiger partial charge in [0.05, 0.1) is 5.75 Å². The van der Waals surface area contributed by atoms with Gasteiger partial charge in [0.2, 0.25) is 0 Å². The van der Waals surface area contributed by atoms with Crippen molar-refractivity contribution < 1.29 is 4.79 Å². The summed E-state index contributed by atoms with van der Waals surface area (Å²) < 4.78 is 1.09. The number of thioether (sulfide) groups is 1. The molecule has 2 rings (SSSR count). The van der Waals surface area contributed by atoms with Crippen molar-refractivity contribution in [2.75, 3.05) is 0 Å². The molecular weight excluding hydrogens is 318 g/mol. The fraction of sp³-hybridized carbons (Fsp3) is 0.167. The summed E-state index contributed by atoms with van der Waals surface area (Å²) in [5, 5.41) is 2.80. The number of benzene rings is 1. The minimum Gasteiger partial charge on any atom is -0.293 e. The number of rotatable bonds is 4. The van der Waals surface area contributed by atoms with Crippen LogP contribution in [-0.4, -0.2) is 10.8 Å². The zero-order chi connectivity index (χ0) is 12.3. The maximum atomic E-state index is 11.1. The minimum absolute atomic E-state index is 0.0263. The average Bonchev–Trinajstić information content (AvgIpc) is 2.77. The maximum Gasteiger partial charge on any atom is 0.178 e. The summed E-state index contributed by atoms with van der Waals surface area (Å²) in [7, 11) is 0. The number of carbonyl (C=O) groups is 1. The highest BCUT2D eigenvalue weighted by atomic mass is 79.9. The highest BCUT2D eigenvalue weighted by Crippen LogP contribution is 2.30. The number of ketones is 1. The zero-order valence-corrected chi connectivity index (χ0v) is 12.4. The predicted molar refractivity (Wildman–Crippen MR) is 75.8 cm³/mol. The van der Waals surface area contributed by atoms with Crippen molar-refractivity contribution >= 4 is 44.8 Å². The van der Waals surface area contributed by atoms with Crippen LogP contribution < -0.4 is 0 Å². The molecule has 0 N–H and O–H groups in total. The van der Waals surface area contributed by atoms with Crippen LogP contribution in [0.25, 0.3) is 0 Å². The summed E-state index contributed by atoms with van der Waals surface area (Å²) in [5.41, 5.74) is 0.567. The summed E-state index contributed by atoms with van der Waals surface area (Å²) in [6, 6.07) is 8.08. The van der Waals surface area contributed by atoms with Gasteiger partial charge in [-0.2, -0.15) is 0 Å². The number of aromatic nitrogens is 1. The standard InChI is InChI=1S/C12H10BrNOS2/c1-8(15)10-6-17-12(14-10)7-16-11-5-3-2-4-9(11)13/h2-6H,7H2,1H3. The monoisotopic (exact) mass is 327 g/mol. The van der Waals surface area contributed by atoms with Crippen LogP contribution in [0.5, 0.6) is 0 Å². The molecule has 0 bridgehead atoms. The van der Waals surface area contributed by atoms with Gasteiger partial charge in [-0.3, -0.25) is 4.79 Å². The summed E-state index contributed by atoms with van der Waals surface area (Å²) >= 11 is 6.76. The van der Waals surface area contributed by atoms with Crippen LogP contribution in [0.3, 0.4) is 0 Å². The summed E-state index contributed by atoms with van der Waals surface area (Å²) in [4.78, 5) is 16.6. The van der Waals surface area contributed by atoms with Crippen molar-refractivity contribution in [1.29, 1.82) is 0 Å². The Morgan fingerprint density at radius 3 is 2.88 bits per heavy atom. The smallest absolute Gasteiger partial charge is 0.178 e. The molecule has 2 nitrogen and oxygen atoms in total. The van der Waals surface area contributed by atoms with Gasteiger partial charge in [-0.1, -0.05) is 12.1 Å². The first kappa shape index (κ1) is 12.8. The topological polar surface area (TPSA) is 30.0 Å². The van der Waals surface area contributed by atoms with Crippen molar-refractivity contribution in [3.05, 3.63) is 44.8 Å². The quantitative estimate of drug-likeness (QED) is 0.615. The van der Waals surface area contributed by atoms with Crippen molar-refractivity contribution in [2.45, 2.75) is 17.6 Å². The molecule has 0 spiro atoms. The van der Waals surface area contributed by atoms with Crippen LogP contribution >= 0.6 is 39.0 Å². The van der Waals surface area contributed by atoms with Gasteiger partial charge in [-0.05, 0) is 28.1 Å². The first-order valence-corrected chi connectivity index (χ1v) is 7.65. The van der Waals surface area contributed by atoms with E-state index < -0.39 is 0 Å². The van der Waals surface area contributed by atoms with Crippen LogP contribution in [0.4, 0.5) is 0 Å². The third-order valence-corrected chi connectivity index (χ3v) is 5.17. The number of nitrogens with zero attached hydrogens (tertiary/aromatic N) is 1. The van der Waals surface area contributed by atoms with E-state index in [4.69, 9.17) is 0 Å². The number of hydrogen-bond donors (Lipinski definition) is 0. The van der Waals surface area contributed by atoms with E-state index in [2.05, 4.69) is 27.0 Å². The first-order chi connectivity index (χ1) is 8.16. The molecule has 17 heavy (non-hydrogen) atoms. The molecule has 0 saturated heterocycles. The fourth-order valence-corrected chi connectivity index (χ4v) is 3.66.